The highest BCUT2D eigenvalue weighted by atomic mass is 14.7. The molecule has 0 unspecified atom stereocenters. The summed E-state index contributed by atoms with van der Waals surface area (Å²) in [6, 6.07) is 23.3. The standard InChI is InChI=1S/C21H16N2/c1-15-12-20(19-10-11-22-14-21(19)23-15)18-9-5-8-17(13-18)16-6-3-2-4-7-16/h2-14H,1H3. The maximum Gasteiger partial charge on any atom is 0.0894 e. The van der Waals surface area contributed by atoms with E-state index < -0.39 is 0 Å². The van der Waals surface area contributed by atoms with Crippen molar-refractivity contribution in [3.05, 3.63) is 84.8 Å². The summed E-state index contributed by atoms with van der Waals surface area (Å²) < 4.78 is 0. The fraction of sp³-hybridized carbons (Fsp3) is 0.0476. The molecule has 110 valence electrons. The first-order valence-corrected chi connectivity index (χ1v) is 7.68. The summed E-state index contributed by atoms with van der Waals surface area (Å²) in [6.45, 7) is 2.02. The van der Waals surface area contributed by atoms with Gasteiger partial charge >= 0.3 is 0 Å². The molecule has 0 spiro atoms. The molecule has 0 saturated carbocycles. The quantitative estimate of drug-likeness (QED) is 0.503. The smallest absolute Gasteiger partial charge is 0.0894 e. The fourth-order valence-electron chi connectivity index (χ4n) is 2.95. The average molecular weight is 296 g/mol. The van der Waals surface area contributed by atoms with Gasteiger partial charge in [0.1, 0.15) is 0 Å². The molecule has 2 nitrogen and oxygen atoms in total. The number of hydrogen-bond acceptors (Lipinski definition) is 2. The zero-order valence-electron chi connectivity index (χ0n) is 12.9. The van der Waals surface area contributed by atoms with Gasteiger partial charge in [-0.05, 0) is 47.4 Å². The van der Waals surface area contributed by atoms with E-state index in [4.69, 9.17) is 0 Å². The molecule has 23 heavy (non-hydrogen) atoms. The molecule has 4 rings (SSSR count). The van der Waals surface area contributed by atoms with Gasteiger partial charge in [0.2, 0.25) is 0 Å². The summed E-state index contributed by atoms with van der Waals surface area (Å²) in [7, 11) is 0. The van der Waals surface area contributed by atoms with Gasteiger partial charge < -0.3 is 0 Å². The zero-order chi connectivity index (χ0) is 15.6. The highest BCUT2D eigenvalue weighted by Gasteiger charge is 2.07. The van der Waals surface area contributed by atoms with Crippen LogP contribution in [-0.4, -0.2) is 9.97 Å². The van der Waals surface area contributed by atoms with Gasteiger partial charge in [0.15, 0.2) is 0 Å². The van der Waals surface area contributed by atoms with Crippen molar-refractivity contribution in [3.63, 3.8) is 0 Å². The van der Waals surface area contributed by atoms with E-state index in [1.807, 2.05) is 31.5 Å². The maximum atomic E-state index is 4.58. The largest absolute Gasteiger partial charge is 0.262 e. The van der Waals surface area contributed by atoms with Crippen LogP contribution in [0, 0.1) is 6.92 Å². The topological polar surface area (TPSA) is 25.8 Å². The van der Waals surface area contributed by atoms with E-state index in [1.54, 1.807) is 0 Å². The van der Waals surface area contributed by atoms with Crippen LogP contribution in [0.25, 0.3) is 33.2 Å². The molecule has 2 heteroatoms. The Morgan fingerprint density at radius 1 is 0.739 bits per heavy atom. The lowest BCUT2D eigenvalue weighted by Crippen LogP contribution is -1.89. The molecule has 0 radical (unpaired) electrons. The maximum absolute atomic E-state index is 4.58. The van der Waals surface area contributed by atoms with Gasteiger partial charge in [0, 0.05) is 17.3 Å². The van der Waals surface area contributed by atoms with Crippen molar-refractivity contribution in [2.24, 2.45) is 0 Å². The van der Waals surface area contributed by atoms with E-state index in [-0.39, 0.29) is 0 Å². The van der Waals surface area contributed by atoms with Crippen LogP contribution in [0.15, 0.2) is 79.1 Å². The summed E-state index contributed by atoms with van der Waals surface area (Å²) in [5.41, 5.74) is 6.80. The third kappa shape index (κ3) is 2.59. The Hall–Kier alpha value is -3.00. The third-order valence-electron chi connectivity index (χ3n) is 4.02. The minimum atomic E-state index is 0.938. The third-order valence-corrected chi connectivity index (χ3v) is 4.02. The Labute approximate surface area is 135 Å². The second kappa shape index (κ2) is 5.65. The summed E-state index contributed by atoms with van der Waals surface area (Å²) in [4.78, 5) is 8.77. The van der Waals surface area contributed by atoms with Crippen LogP contribution in [0.5, 0.6) is 0 Å². The normalized spacial score (nSPS) is 10.8. The molecule has 2 aromatic heterocycles. The minimum absolute atomic E-state index is 0.938. The van der Waals surface area contributed by atoms with E-state index in [0.29, 0.717) is 0 Å². The van der Waals surface area contributed by atoms with Crippen molar-refractivity contribution in [1.29, 1.82) is 0 Å². The Morgan fingerprint density at radius 3 is 2.39 bits per heavy atom. The molecule has 0 bridgehead atoms. The summed E-state index contributed by atoms with van der Waals surface area (Å²) in [5, 5.41) is 1.14. The molecule has 0 N–H and O–H groups in total. The van der Waals surface area contributed by atoms with Crippen LogP contribution in [0.2, 0.25) is 0 Å². The first-order valence-electron chi connectivity index (χ1n) is 7.68. The lowest BCUT2D eigenvalue weighted by atomic mass is 9.97. The van der Waals surface area contributed by atoms with Crippen LogP contribution in [0.4, 0.5) is 0 Å². The molecule has 0 aliphatic heterocycles. The number of aryl methyl sites for hydroxylation is 1. The number of benzene rings is 2. The van der Waals surface area contributed by atoms with Gasteiger partial charge in [0.05, 0.1) is 11.7 Å². The predicted molar refractivity (Wildman–Crippen MR) is 95.1 cm³/mol. The van der Waals surface area contributed by atoms with E-state index in [0.717, 1.165) is 16.6 Å². The van der Waals surface area contributed by atoms with Crippen molar-refractivity contribution in [2.75, 3.05) is 0 Å². The lowest BCUT2D eigenvalue weighted by Gasteiger charge is -2.10. The minimum Gasteiger partial charge on any atom is -0.262 e. The fourth-order valence-corrected chi connectivity index (χ4v) is 2.95. The second-order valence-electron chi connectivity index (χ2n) is 5.65. The highest BCUT2D eigenvalue weighted by Crippen LogP contribution is 2.31. The summed E-state index contributed by atoms with van der Waals surface area (Å²) in [6.07, 6.45) is 3.65. The monoisotopic (exact) mass is 296 g/mol. The van der Waals surface area contributed by atoms with E-state index in [2.05, 4.69) is 64.6 Å². The molecule has 2 heterocycles. The summed E-state index contributed by atoms with van der Waals surface area (Å²) in [5.74, 6) is 0. The molecule has 0 fully saturated rings. The lowest BCUT2D eigenvalue weighted by molar-refractivity contribution is 1.23. The van der Waals surface area contributed by atoms with E-state index >= 15 is 0 Å². The number of rotatable bonds is 2. The molecule has 0 amide bonds. The van der Waals surface area contributed by atoms with Crippen molar-refractivity contribution in [2.45, 2.75) is 6.92 Å². The Balaban J connectivity index is 1.92. The Bertz CT molecular complexity index is 975. The van der Waals surface area contributed by atoms with Crippen molar-refractivity contribution in [3.8, 4) is 22.3 Å². The van der Waals surface area contributed by atoms with Gasteiger partial charge in [-0.15, -0.1) is 0 Å². The van der Waals surface area contributed by atoms with Crippen LogP contribution >= 0.6 is 0 Å². The first kappa shape index (κ1) is 13.6. The van der Waals surface area contributed by atoms with Crippen molar-refractivity contribution < 1.29 is 0 Å². The van der Waals surface area contributed by atoms with Gasteiger partial charge in [-0.3, -0.25) is 9.97 Å². The SMILES string of the molecule is Cc1cc(-c2cccc(-c3ccccc3)c2)c2ccncc2n1. The molecular formula is C21H16N2. The van der Waals surface area contributed by atoms with Crippen LogP contribution in [0.1, 0.15) is 5.69 Å². The molecule has 0 atom stereocenters. The second-order valence-corrected chi connectivity index (χ2v) is 5.65. The van der Waals surface area contributed by atoms with Crippen LogP contribution < -0.4 is 0 Å². The van der Waals surface area contributed by atoms with E-state index in [9.17, 15) is 0 Å². The van der Waals surface area contributed by atoms with Gasteiger partial charge in [-0.1, -0.05) is 48.5 Å². The Kier molecular flexibility index (Phi) is 3.35. The predicted octanol–water partition coefficient (Wildman–Crippen LogP) is 5.27. The average Bonchev–Trinajstić information content (AvgIpc) is 2.62. The van der Waals surface area contributed by atoms with Gasteiger partial charge in [-0.2, -0.15) is 0 Å². The number of hydrogen-bond donors (Lipinski definition) is 0. The number of pyridine rings is 2. The molecule has 0 aliphatic rings. The number of fused-ring (bicyclic) bond motifs is 1. The van der Waals surface area contributed by atoms with E-state index in [1.165, 1.54) is 22.3 Å². The molecule has 2 aromatic carbocycles. The van der Waals surface area contributed by atoms with Gasteiger partial charge in [-0.25, -0.2) is 0 Å². The molecule has 4 aromatic rings. The Morgan fingerprint density at radius 2 is 1.52 bits per heavy atom. The summed E-state index contributed by atoms with van der Waals surface area (Å²) >= 11 is 0. The first-order chi connectivity index (χ1) is 11.3. The number of nitrogens with zero attached hydrogens (tertiary/aromatic N) is 2. The molecular weight excluding hydrogens is 280 g/mol. The zero-order valence-corrected chi connectivity index (χ0v) is 12.9. The molecule has 0 aliphatic carbocycles. The van der Waals surface area contributed by atoms with Crippen LogP contribution in [-0.2, 0) is 0 Å². The van der Waals surface area contributed by atoms with Crippen LogP contribution in [0.3, 0.4) is 0 Å². The molecule has 0 saturated heterocycles. The van der Waals surface area contributed by atoms with Gasteiger partial charge in [0.25, 0.3) is 0 Å². The highest BCUT2D eigenvalue weighted by molar-refractivity contribution is 5.94. The van der Waals surface area contributed by atoms with Crippen molar-refractivity contribution in [1.82, 2.24) is 9.97 Å². The number of aromatic nitrogens is 2. The van der Waals surface area contributed by atoms with Crippen molar-refractivity contribution >= 4 is 10.9 Å².